The molecule has 0 amide bonds. The smallest absolute Gasteiger partial charge is 0.144 e. The molecular weight excluding hydrogens is 228 g/mol. The number of ether oxygens (including phenoxy) is 2. The number of hydrogen-bond donors (Lipinski definition) is 0. The van der Waals surface area contributed by atoms with Crippen LogP contribution in [0.4, 0.5) is 0 Å². The van der Waals surface area contributed by atoms with Crippen LogP contribution >= 0.6 is 11.6 Å². The summed E-state index contributed by atoms with van der Waals surface area (Å²) in [6.45, 7) is 1.94. The summed E-state index contributed by atoms with van der Waals surface area (Å²) in [6.07, 6.45) is 1.29. The Morgan fingerprint density at radius 1 is 1.38 bits per heavy atom. The van der Waals surface area contributed by atoms with E-state index in [1.54, 1.807) is 26.4 Å². The number of carbonyl (C=O) groups is 1. The maximum absolute atomic E-state index is 10.6. The fourth-order valence-corrected chi connectivity index (χ4v) is 1.91. The van der Waals surface area contributed by atoms with E-state index in [0.717, 1.165) is 11.8 Å². The second-order valence-electron chi connectivity index (χ2n) is 3.50. The van der Waals surface area contributed by atoms with Crippen molar-refractivity contribution >= 4 is 17.9 Å². The van der Waals surface area contributed by atoms with Crippen LogP contribution in [0, 0.1) is 0 Å². The summed E-state index contributed by atoms with van der Waals surface area (Å²) in [5, 5.41) is 0.524. The second-order valence-corrected chi connectivity index (χ2v) is 3.91. The maximum Gasteiger partial charge on any atom is 0.144 e. The molecule has 0 aromatic heterocycles. The topological polar surface area (TPSA) is 35.5 Å². The van der Waals surface area contributed by atoms with Crippen LogP contribution in [0.2, 0.25) is 5.02 Å². The number of aldehydes is 1. The molecule has 1 rings (SSSR count). The fourth-order valence-electron chi connectivity index (χ4n) is 1.67. The molecule has 0 bridgehead atoms. The molecule has 0 radical (unpaired) electrons. The number of rotatable bonds is 5. The van der Waals surface area contributed by atoms with E-state index in [1.165, 1.54) is 0 Å². The van der Waals surface area contributed by atoms with E-state index in [0.29, 0.717) is 22.9 Å². The van der Waals surface area contributed by atoms with Crippen molar-refractivity contribution in [3.8, 4) is 11.5 Å². The highest BCUT2D eigenvalue weighted by atomic mass is 35.5. The predicted molar refractivity (Wildman–Crippen MR) is 63.7 cm³/mol. The number of hydrogen-bond acceptors (Lipinski definition) is 3. The van der Waals surface area contributed by atoms with Gasteiger partial charge in [-0.05, 0) is 18.1 Å². The van der Waals surface area contributed by atoms with Gasteiger partial charge in [0.25, 0.3) is 0 Å². The lowest BCUT2D eigenvalue weighted by Gasteiger charge is -2.18. The Hall–Kier alpha value is -1.22. The highest BCUT2D eigenvalue weighted by molar-refractivity contribution is 6.32. The molecule has 0 fully saturated rings. The third kappa shape index (κ3) is 2.47. The highest BCUT2D eigenvalue weighted by Crippen LogP contribution is 2.40. The van der Waals surface area contributed by atoms with Gasteiger partial charge in [-0.2, -0.15) is 0 Å². The first-order valence-corrected chi connectivity index (χ1v) is 5.37. The molecular formula is C12H15ClO3. The van der Waals surface area contributed by atoms with Crippen molar-refractivity contribution in [1.29, 1.82) is 0 Å². The van der Waals surface area contributed by atoms with E-state index in [4.69, 9.17) is 21.1 Å². The van der Waals surface area contributed by atoms with Gasteiger partial charge in [0.2, 0.25) is 0 Å². The number of carbonyl (C=O) groups excluding carboxylic acids is 1. The molecule has 1 atom stereocenters. The predicted octanol–water partition coefficient (Wildman–Crippen LogP) is 3.05. The Morgan fingerprint density at radius 3 is 2.56 bits per heavy atom. The molecule has 0 N–H and O–H groups in total. The third-order valence-electron chi connectivity index (χ3n) is 2.47. The first kappa shape index (κ1) is 12.8. The molecule has 16 heavy (non-hydrogen) atoms. The molecule has 1 unspecified atom stereocenters. The first-order valence-electron chi connectivity index (χ1n) is 4.99. The van der Waals surface area contributed by atoms with Gasteiger partial charge < -0.3 is 14.3 Å². The monoisotopic (exact) mass is 242 g/mol. The zero-order chi connectivity index (χ0) is 12.1. The Balaban J connectivity index is 3.29. The van der Waals surface area contributed by atoms with Crippen LogP contribution in [0.5, 0.6) is 11.5 Å². The molecule has 4 heteroatoms. The zero-order valence-corrected chi connectivity index (χ0v) is 10.4. The molecule has 3 nitrogen and oxygen atoms in total. The lowest BCUT2D eigenvalue weighted by atomic mass is 9.96. The van der Waals surface area contributed by atoms with E-state index in [2.05, 4.69) is 0 Å². The van der Waals surface area contributed by atoms with E-state index >= 15 is 0 Å². The van der Waals surface area contributed by atoms with Crippen molar-refractivity contribution in [1.82, 2.24) is 0 Å². The van der Waals surface area contributed by atoms with Gasteiger partial charge >= 0.3 is 0 Å². The molecule has 0 aliphatic rings. The summed E-state index contributed by atoms with van der Waals surface area (Å²) >= 11 is 6.03. The molecule has 1 aromatic rings. The summed E-state index contributed by atoms with van der Waals surface area (Å²) in [6, 6.07) is 3.50. The van der Waals surface area contributed by atoms with Crippen molar-refractivity contribution in [2.24, 2.45) is 0 Å². The van der Waals surface area contributed by atoms with Gasteiger partial charge in [0.1, 0.15) is 17.8 Å². The minimum Gasteiger partial charge on any atom is -0.496 e. The van der Waals surface area contributed by atoms with Gasteiger partial charge in [0.05, 0.1) is 19.2 Å². The minimum atomic E-state index is 0.0149. The molecule has 0 heterocycles. The molecule has 0 spiro atoms. The SMILES string of the molecule is COc1ccc(Cl)c(OC)c1C(C)CC=O. The maximum atomic E-state index is 10.6. The Bertz CT molecular complexity index is 377. The van der Waals surface area contributed by atoms with Crippen molar-refractivity contribution in [3.05, 3.63) is 22.7 Å². The van der Waals surface area contributed by atoms with E-state index in [1.807, 2.05) is 6.92 Å². The van der Waals surface area contributed by atoms with Gasteiger partial charge in [-0.15, -0.1) is 0 Å². The van der Waals surface area contributed by atoms with Crippen LogP contribution in [0.3, 0.4) is 0 Å². The minimum absolute atomic E-state index is 0.0149. The second kappa shape index (κ2) is 5.75. The summed E-state index contributed by atoms with van der Waals surface area (Å²) in [5.74, 6) is 1.28. The van der Waals surface area contributed by atoms with Crippen LogP contribution in [0.25, 0.3) is 0 Å². The average Bonchev–Trinajstić information content (AvgIpc) is 2.28. The lowest BCUT2D eigenvalue weighted by Crippen LogP contribution is -2.02. The van der Waals surface area contributed by atoms with Gasteiger partial charge in [-0.3, -0.25) is 0 Å². The molecule has 0 saturated carbocycles. The Morgan fingerprint density at radius 2 is 2.06 bits per heavy atom. The summed E-state index contributed by atoms with van der Waals surface area (Å²) in [4.78, 5) is 10.6. The van der Waals surface area contributed by atoms with Gasteiger partial charge in [0, 0.05) is 12.0 Å². The normalized spacial score (nSPS) is 12.0. The standard InChI is InChI=1S/C12H15ClO3/c1-8(6-7-14)11-10(15-2)5-4-9(13)12(11)16-3/h4-5,7-8H,6H2,1-3H3. The largest absolute Gasteiger partial charge is 0.496 e. The summed E-state index contributed by atoms with van der Waals surface area (Å²) in [7, 11) is 3.14. The Labute approximate surface area is 100 Å². The van der Waals surface area contributed by atoms with E-state index in [9.17, 15) is 4.79 Å². The van der Waals surface area contributed by atoms with Crippen LogP contribution < -0.4 is 9.47 Å². The summed E-state index contributed by atoms with van der Waals surface area (Å²) in [5.41, 5.74) is 0.838. The number of halogens is 1. The van der Waals surface area contributed by atoms with Crippen molar-refractivity contribution in [3.63, 3.8) is 0 Å². The first-order chi connectivity index (χ1) is 7.65. The van der Waals surface area contributed by atoms with Gasteiger partial charge in [0.15, 0.2) is 0 Å². The van der Waals surface area contributed by atoms with Gasteiger partial charge in [-0.25, -0.2) is 0 Å². The number of benzene rings is 1. The van der Waals surface area contributed by atoms with E-state index < -0.39 is 0 Å². The van der Waals surface area contributed by atoms with Crippen molar-refractivity contribution < 1.29 is 14.3 Å². The zero-order valence-electron chi connectivity index (χ0n) is 9.62. The molecule has 0 aliphatic carbocycles. The summed E-state index contributed by atoms with van der Waals surface area (Å²) < 4.78 is 10.5. The molecule has 0 saturated heterocycles. The van der Waals surface area contributed by atoms with Gasteiger partial charge in [-0.1, -0.05) is 18.5 Å². The Kier molecular flexibility index (Phi) is 4.62. The van der Waals surface area contributed by atoms with E-state index in [-0.39, 0.29) is 5.92 Å². The van der Waals surface area contributed by atoms with Crippen LogP contribution in [0.15, 0.2) is 12.1 Å². The number of methoxy groups -OCH3 is 2. The van der Waals surface area contributed by atoms with Crippen molar-refractivity contribution in [2.75, 3.05) is 14.2 Å². The molecule has 0 aliphatic heterocycles. The van der Waals surface area contributed by atoms with Crippen molar-refractivity contribution in [2.45, 2.75) is 19.3 Å². The molecule has 1 aromatic carbocycles. The highest BCUT2D eigenvalue weighted by Gasteiger charge is 2.19. The lowest BCUT2D eigenvalue weighted by molar-refractivity contribution is -0.108. The quantitative estimate of drug-likeness (QED) is 0.745. The third-order valence-corrected chi connectivity index (χ3v) is 2.77. The fraction of sp³-hybridized carbons (Fsp3) is 0.417. The molecule has 88 valence electrons. The average molecular weight is 243 g/mol. The van der Waals surface area contributed by atoms with Crippen LogP contribution in [0.1, 0.15) is 24.8 Å². The van der Waals surface area contributed by atoms with Crippen LogP contribution in [-0.2, 0) is 4.79 Å². The van der Waals surface area contributed by atoms with Crippen LogP contribution in [-0.4, -0.2) is 20.5 Å².